The summed E-state index contributed by atoms with van der Waals surface area (Å²) in [5.74, 6) is 1.61. The molecule has 41 heavy (non-hydrogen) atoms. The Labute approximate surface area is 254 Å². The van der Waals surface area contributed by atoms with Gasteiger partial charge in [0.1, 0.15) is 5.41 Å². The monoisotopic (exact) mass is 639 g/mol. The fourth-order valence-corrected chi connectivity index (χ4v) is 10.3. The fraction of sp³-hybridized carbons (Fsp3) is 0.938. The van der Waals surface area contributed by atoms with Gasteiger partial charge in [0.25, 0.3) is 0 Å². The van der Waals surface area contributed by atoms with Gasteiger partial charge in [-0.05, 0) is 61.2 Å². The molecule has 0 bridgehead atoms. The van der Waals surface area contributed by atoms with Crippen LogP contribution < -0.4 is 0 Å². The Morgan fingerprint density at radius 3 is 1.85 bits per heavy atom. The predicted molar refractivity (Wildman–Crippen MR) is 156 cm³/mol. The second-order valence-electron chi connectivity index (χ2n) is 14.7. The zero-order valence-electron chi connectivity index (χ0n) is 25.7. The van der Waals surface area contributed by atoms with E-state index in [1.165, 1.54) is 12.8 Å². The van der Waals surface area contributed by atoms with Crippen LogP contribution in [-0.2, 0) is 33.3 Å². The molecule has 232 valence electrons. The number of fused-ring (bicyclic) bond motifs is 3. The lowest BCUT2D eigenvalue weighted by molar-refractivity contribution is -0.206. The molecule has 6 aliphatic rings. The summed E-state index contributed by atoms with van der Waals surface area (Å²) in [7, 11) is 0. The van der Waals surface area contributed by atoms with Gasteiger partial charge in [-0.25, -0.2) is 0 Å². The van der Waals surface area contributed by atoms with Crippen LogP contribution in [0.4, 0.5) is 0 Å². The standard InChI is InChI=1S/C32H50BrNO7/c1-17(2)21-9-7-19(5)15-23(21)38-27-25-31(32(25,33)30(36)40-27)26(34-11-13-37-14-12-34)28(41-29(31)35)39-24-16-20(6)8-10-22(24)18(3)4/h17-28H,7-16H2,1-6H3/t19-,20-,21+,22+,23-,24-,25-,26+,27-,28-,31-,32-/m1/s1. The first kappa shape index (κ1) is 30.3. The van der Waals surface area contributed by atoms with E-state index in [4.69, 9.17) is 23.7 Å². The molecule has 8 nitrogen and oxygen atoms in total. The molecule has 6 fully saturated rings. The van der Waals surface area contributed by atoms with Gasteiger partial charge in [-0.3, -0.25) is 14.5 Å². The van der Waals surface area contributed by atoms with E-state index in [1.54, 1.807) is 0 Å². The normalized spacial score (nSPS) is 48.5. The van der Waals surface area contributed by atoms with E-state index >= 15 is 0 Å². The topological polar surface area (TPSA) is 83.5 Å². The molecule has 0 aromatic carbocycles. The van der Waals surface area contributed by atoms with Crippen LogP contribution in [0.1, 0.15) is 80.1 Å². The number of hydrogen-bond acceptors (Lipinski definition) is 8. The van der Waals surface area contributed by atoms with Crippen LogP contribution >= 0.6 is 15.9 Å². The van der Waals surface area contributed by atoms with Crippen molar-refractivity contribution in [2.75, 3.05) is 26.3 Å². The van der Waals surface area contributed by atoms with Gasteiger partial charge in [-0.1, -0.05) is 70.3 Å². The predicted octanol–water partition coefficient (Wildman–Crippen LogP) is 5.16. The number of cyclic esters (lactones) is 2. The maximum atomic E-state index is 14.1. The smallest absolute Gasteiger partial charge is 0.327 e. The summed E-state index contributed by atoms with van der Waals surface area (Å²) < 4.78 is 30.2. The minimum atomic E-state index is -1.17. The van der Waals surface area contributed by atoms with Gasteiger partial charge in [0.15, 0.2) is 4.32 Å². The average Bonchev–Trinajstić information content (AvgIpc) is 3.23. The van der Waals surface area contributed by atoms with Crippen molar-refractivity contribution in [3.63, 3.8) is 0 Å². The summed E-state index contributed by atoms with van der Waals surface area (Å²) in [5, 5.41) is 0. The molecule has 3 saturated heterocycles. The quantitative estimate of drug-likeness (QED) is 0.279. The Morgan fingerprint density at radius 1 is 0.805 bits per heavy atom. The Balaban J connectivity index is 1.31. The summed E-state index contributed by atoms with van der Waals surface area (Å²) in [6.07, 6.45) is 4.95. The molecule has 0 amide bonds. The van der Waals surface area contributed by atoms with Gasteiger partial charge in [-0.15, -0.1) is 0 Å². The maximum absolute atomic E-state index is 14.1. The van der Waals surface area contributed by atoms with Crippen LogP contribution in [0.25, 0.3) is 0 Å². The van der Waals surface area contributed by atoms with E-state index < -0.39 is 40.2 Å². The first-order valence-electron chi connectivity index (χ1n) is 16.2. The van der Waals surface area contributed by atoms with E-state index in [2.05, 4.69) is 62.4 Å². The lowest BCUT2D eigenvalue weighted by Gasteiger charge is -2.42. The molecule has 3 saturated carbocycles. The van der Waals surface area contributed by atoms with Crippen LogP contribution in [0.15, 0.2) is 0 Å². The summed E-state index contributed by atoms with van der Waals surface area (Å²) >= 11 is 3.80. The Hall–Kier alpha value is -0.740. The minimum absolute atomic E-state index is 0.00844. The van der Waals surface area contributed by atoms with Gasteiger partial charge >= 0.3 is 11.9 Å². The van der Waals surface area contributed by atoms with Crippen molar-refractivity contribution < 1.29 is 33.3 Å². The van der Waals surface area contributed by atoms with E-state index in [1.807, 2.05) is 0 Å². The molecule has 6 rings (SSSR count). The minimum Gasteiger partial charge on any atom is -0.434 e. The van der Waals surface area contributed by atoms with Crippen LogP contribution in [0, 0.1) is 46.8 Å². The second-order valence-corrected chi connectivity index (χ2v) is 16.0. The molecule has 1 spiro atoms. The third kappa shape index (κ3) is 4.83. The van der Waals surface area contributed by atoms with E-state index in [9.17, 15) is 9.59 Å². The highest BCUT2D eigenvalue weighted by molar-refractivity contribution is 9.10. The largest absolute Gasteiger partial charge is 0.434 e. The summed E-state index contributed by atoms with van der Waals surface area (Å²) in [6.45, 7) is 16.0. The third-order valence-corrected chi connectivity index (χ3v) is 13.0. The van der Waals surface area contributed by atoms with E-state index in [0.717, 1.165) is 25.7 Å². The van der Waals surface area contributed by atoms with Gasteiger partial charge in [-0.2, -0.15) is 0 Å². The third-order valence-electron chi connectivity index (χ3n) is 11.5. The Kier molecular flexibility index (Phi) is 8.36. The zero-order valence-corrected chi connectivity index (χ0v) is 27.3. The molecule has 3 aliphatic heterocycles. The number of carbonyl (C=O) groups is 2. The first-order chi connectivity index (χ1) is 19.5. The Bertz CT molecular complexity index is 1000. The number of alkyl halides is 1. The molecule has 12 atom stereocenters. The zero-order chi connectivity index (χ0) is 29.3. The number of halogens is 1. The highest BCUT2D eigenvalue weighted by Gasteiger charge is 2.96. The van der Waals surface area contributed by atoms with Crippen molar-refractivity contribution in [1.82, 2.24) is 4.90 Å². The number of esters is 2. The molecule has 0 radical (unpaired) electrons. The van der Waals surface area contributed by atoms with Crippen molar-refractivity contribution in [3.8, 4) is 0 Å². The average molecular weight is 641 g/mol. The van der Waals surface area contributed by atoms with Crippen molar-refractivity contribution in [3.05, 3.63) is 0 Å². The van der Waals surface area contributed by atoms with Gasteiger partial charge in [0.05, 0.1) is 37.4 Å². The molecule has 3 heterocycles. The summed E-state index contributed by atoms with van der Waals surface area (Å²) in [6, 6.07) is -0.418. The van der Waals surface area contributed by atoms with Gasteiger partial charge in [0, 0.05) is 13.1 Å². The Morgan fingerprint density at radius 2 is 1.32 bits per heavy atom. The lowest BCUT2D eigenvalue weighted by atomic mass is 9.75. The molecular weight excluding hydrogens is 590 g/mol. The number of hydrogen-bond donors (Lipinski definition) is 0. The highest BCUT2D eigenvalue weighted by atomic mass is 79.9. The van der Waals surface area contributed by atoms with Gasteiger partial charge in [0.2, 0.25) is 12.6 Å². The van der Waals surface area contributed by atoms with Crippen LogP contribution in [0.2, 0.25) is 0 Å². The molecule has 3 aliphatic carbocycles. The van der Waals surface area contributed by atoms with Crippen LogP contribution in [0.5, 0.6) is 0 Å². The summed E-state index contributed by atoms with van der Waals surface area (Å²) in [5.41, 5.74) is -1.11. The number of nitrogens with zero attached hydrogens (tertiary/aromatic N) is 1. The molecule has 0 aromatic heterocycles. The molecule has 0 aromatic rings. The van der Waals surface area contributed by atoms with Crippen molar-refractivity contribution in [1.29, 1.82) is 0 Å². The second kappa shape index (κ2) is 11.3. The van der Waals surface area contributed by atoms with Crippen molar-refractivity contribution >= 4 is 27.9 Å². The molecule has 0 unspecified atom stereocenters. The first-order valence-corrected chi connectivity index (χ1v) is 17.0. The van der Waals surface area contributed by atoms with Crippen LogP contribution in [-0.4, -0.2) is 78.3 Å². The maximum Gasteiger partial charge on any atom is 0.327 e. The number of carbonyl (C=O) groups excluding carboxylic acids is 2. The highest BCUT2D eigenvalue weighted by Crippen LogP contribution is 2.78. The number of ether oxygens (including phenoxy) is 5. The fourth-order valence-electron chi connectivity index (χ4n) is 9.13. The van der Waals surface area contributed by atoms with Crippen LogP contribution in [0.3, 0.4) is 0 Å². The molecule has 0 N–H and O–H groups in total. The number of rotatable bonds is 7. The van der Waals surface area contributed by atoms with Gasteiger partial charge < -0.3 is 23.7 Å². The lowest BCUT2D eigenvalue weighted by Crippen LogP contribution is -2.56. The van der Waals surface area contributed by atoms with E-state index in [-0.39, 0.29) is 18.2 Å². The SMILES string of the molecule is CC(C)[C@@H]1CC[C@@H](C)C[C@H]1O[C@@H]1OC(=O)[C@]2([C@H]1N1CCOCC1)[C@H]1[C@H](O[C@@H]3C[C@H](C)CC[C@H]3C(C)C)OC(=O)[C@]12Br. The van der Waals surface area contributed by atoms with Crippen molar-refractivity contribution in [2.24, 2.45) is 46.8 Å². The molecule has 9 heteroatoms. The summed E-state index contributed by atoms with van der Waals surface area (Å²) in [4.78, 5) is 30.0. The van der Waals surface area contributed by atoms with E-state index in [0.29, 0.717) is 61.8 Å². The number of morpholine rings is 1. The van der Waals surface area contributed by atoms with Crippen molar-refractivity contribution in [2.45, 2.75) is 115 Å². The molecular formula is C32H50BrNO7.